The molecule has 0 bridgehead atoms. The van der Waals surface area contributed by atoms with E-state index >= 15 is 0 Å². The highest BCUT2D eigenvalue weighted by atomic mass is 35.5. The van der Waals surface area contributed by atoms with E-state index in [4.69, 9.17) is 11.6 Å². The number of aryl methyl sites for hydroxylation is 1. The summed E-state index contributed by atoms with van der Waals surface area (Å²) in [6.45, 7) is 3.87. The predicted octanol–water partition coefficient (Wildman–Crippen LogP) is 3.49. The first-order valence-electron chi connectivity index (χ1n) is 8.33. The molecule has 138 valence electrons. The third-order valence-corrected chi connectivity index (χ3v) is 4.63. The lowest BCUT2D eigenvalue weighted by Crippen LogP contribution is -2.47. The topological polar surface area (TPSA) is 49.4 Å². The smallest absolute Gasteiger partial charge is 0.242 e. The van der Waals surface area contributed by atoms with Crippen LogP contribution in [0, 0.1) is 12.7 Å². The molecule has 0 saturated carbocycles. The Hall–Kier alpha value is -2.40. The van der Waals surface area contributed by atoms with Crippen molar-refractivity contribution >= 4 is 23.4 Å². The zero-order chi connectivity index (χ0) is 19.3. The second-order valence-electron chi connectivity index (χ2n) is 6.17. The second kappa shape index (κ2) is 8.81. The summed E-state index contributed by atoms with van der Waals surface area (Å²) in [7, 11) is 1.51. The summed E-state index contributed by atoms with van der Waals surface area (Å²) in [5, 5.41) is 2.74. The van der Waals surface area contributed by atoms with Crippen molar-refractivity contribution in [1.82, 2.24) is 10.2 Å². The molecule has 2 rings (SSSR count). The van der Waals surface area contributed by atoms with Gasteiger partial charge in [-0.25, -0.2) is 4.39 Å². The van der Waals surface area contributed by atoms with E-state index in [1.54, 1.807) is 13.0 Å². The molecule has 1 unspecified atom stereocenters. The van der Waals surface area contributed by atoms with Crippen molar-refractivity contribution in [2.75, 3.05) is 7.05 Å². The molecule has 0 heterocycles. The normalized spacial score (nSPS) is 11.7. The SMILES string of the molecule is CNC(=O)C(C)N(Cc1ccc(C)cc1)C(=O)Cc1c(F)cccc1Cl. The molecule has 0 spiro atoms. The van der Waals surface area contributed by atoms with Crippen LogP contribution in [0.5, 0.6) is 0 Å². The maximum absolute atomic E-state index is 14.0. The first-order chi connectivity index (χ1) is 12.3. The zero-order valence-corrected chi connectivity index (χ0v) is 15.8. The Balaban J connectivity index is 2.28. The van der Waals surface area contributed by atoms with Gasteiger partial charge in [-0.1, -0.05) is 47.5 Å². The Morgan fingerprint density at radius 2 is 1.85 bits per heavy atom. The van der Waals surface area contributed by atoms with Crippen LogP contribution >= 0.6 is 11.6 Å². The van der Waals surface area contributed by atoms with Crippen LogP contribution in [0.4, 0.5) is 4.39 Å². The molecule has 0 aliphatic rings. The molecule has 1 atom stereocenters. The van der Waals surface area contributed by atoms with Crippen LogP contribution in [0.2, 0.25) is 5.02 Å². The minimum atomic E-state index is -0.695. The van der Waals surface area contributed by atoms with E-state index in [0.29, 0.717) is 0 Å². The highest BCUT2D eigenvalue weighted by Gasteiger charge is 2.26. The standard InChI is InChI=1S/C20H22ClFN2O2/c1-13-7-9-15(10-8-13)12-24(14(2)20(26)23-3)19(25)11-16-17(21)5-4-6-18(16)22/h4-10,14H,11-12H2,1-3H3,(H,23,26). The largest absolute Gasteiger partial charge is 0.357 e. The Morgan fingerprint density at radius 3 is 2.42 bits per heavy atom. The number of hydrogen-bond acceptors (Lipinski definition) is 2. The molecule has 0 aliphatic heterocycles. The fourth-order valence-electron chi connectivity index (χ4n) is 2.64. The summed E-state index contributed by atoms with van der Waals surface area (Å²) >= 11 is 6.04. The molecule has 26 heavy (non-hydrogen) atoms. The van der Waals surface area contributed by atoms with Gasteiger partial charge in [0.2, 0.25) is 11.8 Å². The van der Waals surface area contributed by atoms with Gasteiger partial charge in [0.05, 0.1) is 6.42 Å². The van der Waals surface area contributed by atoms with Crippen LogP contribution < -0.4 is 5.32 Å². The summed E-state index contributed by atoms with van der Waals surface area (Å²) in [6.07, 6.45) is -0.210. The maximum Gasteiger partial charge on any atom is 0.242 e. The van der Waals surface area contributed by atoms with Gasteiger partial charge in [-0.3, -0.25) is 9.59 Å². The summed E-state index contributed by atoms with van der Waals surface area (Å²) in [4.78, 5) is 26.4. The molecule has 0 fully saturated rings. The highest BCUT2D eigenvalue weighted by Crippen LogP contribution is 2.21. The van der Waals surface area contributed by atoms with Gasteiger partial charge >= 0.3 is 0 Å². The molecule has 2 aromatic rings. The van der Waals surface area contributed by atoms with Gasteiger partial charge in [-0.15, -0.1) is 0 Å². The summed E-state index contributed by atoms with van der Waals surface area (Å²) in [5.74, 6) is -1.19. The number of rotatable bonds is 6. The van der Waals surface area contributed by atoms with Crippen LogP contribution in [-0.4, -0.2) is 29.8 Å². The number of amides is 2. The van der Waals surface area contributed by atoms with Crippen molar-refractivity contribution in [3.05, 3.63) is 70.0 Å². The van der Waals surface area contributed by atoms with Gasteiger partial charge in [0.25, 0.3) is 0 Å². The maximum atomic E-state index is 14.0. The lowest BCUT2D eigenvalue weighted by Gasteiger charge is -2.28. The Labute approximate surface area is 158 Å². The molecular formula is C20H22ClFN2O2. The number of halogens is 2. The lowest BCUT2D eigenvalue weighted by molar-refractivity contribution is -0.139. The van der Waals surface area contributed by atoms with Gasteiger partial charge in [0.15, 0.2) is 0 Å². The van der Waals surface area contributed by atoms with Crippen molar-refractivity contribution in [2.24, 2.45) is 0 Å². The van der Waals surface area contributed by atoms with Gasteiger partial charge in [-0.2, -0.15) is 0 Å². The van der Waals surface area contributed by atoms with Gasteiger partial charge in [0.1, 0.15) is 11.9 Å². The molecule has 0 aliphatic carbocycles. The van der Waals surface area contributed by atoms with E-state index in [9.17, 15) is 14.0 Å². The second-order valence-corrected chi connectivity index (χ2v) is 6.58. The number of benzene rings is 2. The van der Waals surface area contributed by atoms with E-state index in [-0.39, 0.29) is 35.4 Å². The average molecular weight is 377 g/mol. The molecule has 2 amide bonds. The van der Waals surface area contributed by atoms with Crippen molar-refractivity contribution in [2.45, 2.75) is 32.9 Å². The fourth-order valence-corrected chi connectivity index (χ4v) is 2.87. The number of nitrogens with one attached hydrogen (secondary N) is 1. The van der Waals surface area contributed by atoms with E-state index < -0.39 is 11.9 Å². The summed E-state index contributed by atoms with van der Waals surface area (Å²) in [5.41, 5.74) is 2.13. The third-order valence-electron chi connectivity index (χ3n) is 4.28. The molecule has 2 aromatic carbocycles. The van der Waals surface area contributed by atoms with Crippen molar-refractivity contribution < 1.29 is 14.0 Å². The molecule has 4 nitrogen and oxygen atoms in total. The number of nitrogens with zero attached hydrogens (tertiary/aromatic N) is 1. The lowest BCUT2D eigenvalue weighted by atomic mass is 10.1. The van der Waals surface area contributed by atoms with Crippen LogP contribution in [0.1, 0.15) is 23.6 Å². The van der Waals surface area contributed by atoms with Crippen LogP contribution in [-0.2, 0) is 22.6 Å². The van der Waals surface area contributed by atoms with E-state index in [0.717, 1.165) is 11.1 Å². The number of hydrogen-bond donors (Lipinski definition) is 1. The van der Waals surface area contributed by atoms with Crippen LogP contribution in [0.3, 0.4) is 0 Å². The van der Waals surface area contributed by atoms with E-state index in [1.165, 1.54) is 24.1 Å². The van der Waals surface area contributed by atoms with Crippen molar-refractivity contribution in [3.63, 3.8) is 0 Å². The number of carbonyl (C=O) groups is 2. The number of likely N-dealkylation sites (N-methyl/N-ethyl adjacent to an activating group) is 1. The molecule has 6 heteroatoms. The van der Waals surface area contributed by atoms with Gasteiger partial charge < -0.3 is 10.2 Å². The highest BCUT2D eigenvalue weighted by molar-refractivity contribution is 6.31. The summed E-state index contributed by atoms with van der Waals surface area (Å²) < 4.78 is 14.0. The van der Waals surface area contributed by atoms with Crippen LogP contribution in [0.15, 0.2) is 42.5 Å². The fraction of sp³-hybridized carbons (Fsp3) is 0.300. The zero-order valence-electron chi connectivity index (χ0n) is 15.1. The average Bonchev–Trinajstić information content (AvgIpc) is 2.63. The number of carbonyl (C=O) groups excluding carboxylic acids is 2. The Bertz CT molecular complexity index is 773. The van der Waals surface area contributed by atoms with Gasteiger partial charge in [0, 0.05) is 24.2 Å². The third kappa shape index (κ3) is 4.82. The van der Waals surface area contributed by atoms with Gasteiger partial charge in [-0.05, 0) is 31.5 Å². The Kier molecular flexibility index (Phi) is 6.75. The minimum absolute atomic E-state index is 0.136. The van der Waals surface area contributed by atoms with Crippen molar-refractivity contribution in [1.29, 1.82) is 0 Å². The first-order valence-corrected chi connectivity index (χ1v) is 8.70. The molecule has 0 aromatic heterocycles. The minimum Gasteiger partial charge on any atom is -0.357 e. The predicted molar refractivity (Wildman–Crippen MR) is 100 cm³/mol. The molecule has 0 saturated heterocycles. The van der Waals surface area contributed by atoms with Crippen LogP contribution in [0.25, 0.3) is 0 Å². The van der Waals surface area contributed by atoms with E-state index in [1.807, 2.05) is 31.2 Å². The summed E-state index contributed by atoms with van der Waals surface area (Å²) in [6, 6.07) is 11.3. The molecular weight excluding hydrogens is 355 g/mol. The molecule has 1 N–H and O–H groups in total. The van der Waals surface area contributed by atoms with Crippen molar-refractivity contribution in [3.8, 4) is 0 Å². The Morgan fingerprint density at radius 1 is 1.19 bits per heavy atom. The monoisotopic (exact) mass is 376 g/mol. The quantitative estimate of drug-likeness (QED) is 0.838. The first kappa shape index (κ1) is 19.9. The van der Waals surface area contributed by atoms with E-state index in [2.05, 4.69) is 5.32 Å². The molecule has 0 radical (unpaired) electrons.